The Morgan fingerprint density at radius 2 is 1.87 bits per heavy atom. The van der Waals surface area contributed by atoms with E-state index in [0.29, 0.717) is 10.9 Å². The van der Waals surface area contributed by atoms with Crippen LogP contribution < -0.4 is 0 Å². The second-order valence-electron chi connectivity index (χ2n) is 7.40. The molecule has 4 nitrogen and oxygen atoms in total. The first-order valence-corrected chi connectivity index (χ1v) is 9.28. The fraction of sp³-hybridized carbons (Fsp3) is 0.333. The summed E-state index contributed by atoms with van der Waals surface area (Å²) < 4.78 is 72.1. The highest BCUT2D eigenvalue weighted by Crippen LogP contribution is 2.39. The first-order valence-electron chi connectivity index (χ1n) is 9.28. The van der Waals surface area contributed by atoms with Crippen molar-refractivity contribution in [3.05, 3.63) is 53.4 Å². The number of aryl methyl sites for hydroxylation is 1. The highest BCUT2D eigenvalue weighted by Gasteiger charge is 2.36. The third kappa shape index (κ3) is 3.76. The highest BCUT2D eigenvalue weighted by atomic mass is 19.4. The molecule has 30 heavy (non-hydrogen) atoms. The number of alkyl halides is 5. The maximum Gasteiger partial charge on any atom is 0.420 e. The smallest absolute Gasteiger partial charge is 0.420 e. The molecule has 1 aliphatic heterocycles. The molecule has 0 spiro atoms. The predicted octanol–water partition coefficient (Wildman–Crippen LogP) is 5.69. The van der Waals surface area contributed by atoms with E-state index in [0.717, 1.165) is 6.07 Å². The number of piperidine rings is 1. The maximum absolute atomic E-state index is 13.5. The number of fused-ring (bicyclic) bond motifs is 1. The first-order chi connectivity index (χ1) is 14.0. The van der Waals surface area contributed by atoms with Crippen LogP contribution in [0.3, 0.4) is 0 Å². The lowest BCUT2D eigenvalue weighted by atomic mass is 10.0. The molecule has 158 valence electrons. The van der Waals surface area contributed by atoms with Gasteiger partial charge in [-0.3, -0.25) is 9.78 Å². The van der Waals surface area contributed by atoms with Crippen LogP contribution in [0, 0.1) is 6.92 Å². The molecule has 0 N–H and O–H groups in total. The van der Waals surface area contributed by atoms with Crippen LogP contribution in [-0.2, 0) is 6.18 Å². The van der Waals surface area contributed by atoms with Gasteiger partial charge in [0.2, 0.25) is 0 Å². The standard InChI is InChI=1S/C21H17F5N2O2/c1-12-11-30-18-15(12)8-14(9-16(18)21(24,25)26)17-3-2-13(10-27-17)19(29)28-6-4-20(22,23)5-7-28/h2-3,8-11H,4-7H2,1H3. The van der Waals surface area contributed by atoms with Crippen LogP contribution in [0.1, 0.15) is 34.3 Å². The molecule has 0 atom stereocenters. The average Bonchev–Trinajstić information content (AvgIpc) is 3.07. The Labute approximate surface area is 168 Å². The summed E-state index contributed by atoms with van der Waals surface area (Å²) in [6.07, 6.45) is -2.88. The van der Waals surface area contributed by atoms with E-state index in [1.165, 1.54) is 29.5 Å². The molecule has 3 heterocycles. The second-order valence-corrected chi connectivity index (χ2v) is 7.40. The number of nitrogens with zero attached hydrogens (tertiary/aromatic N) is 2. The zero-order valence-electron chi connectivity index (χ0n) is 15.9. The molecule has 1 fully saturated rings. The number of likely N-dealkylation sites (tertiary alicyclic amines) is 1. The number of furan rings is 1. The fourth-order valence-corrected chi connectivity index (χ4v) is 3.53. The summed E-state index contributed by atoms with van der Waals surface area (Å²) in [5.41, 5.74) is 0.101. The molecule has 0 saturated carbocycles. The molecule has 3 aromatic rings. The normalized spacial score (nSPS) is 16.8. The number of halogens is 5. The number of aromatic nitrogens is 1. The third-order valence-corrected chi connectivity index (χ3v) is 5.26. The number of rotatable bonds is 2. The molecule has 4 rings (SSSR count). The van der Waals surface area contributed by atoms with Crippen LogP contribution in [0.4, 0.5) is 22.0 Å². The van der Waals surface area contributed by atoms with Gasteiger partial charge in [0, 0.05) is 43.1 Å². The lowest BCUT2D eigenvalue weighted by molar-refractivity contribution is -0.136. The number of pyridine rings is 1. The van der Waals surface area contributed by atoms with Crippen LogP contribution >= 0.6 is 0 Å². The Kier molecular flexibility index (Phi) is 4.79. The maximum atomic E-state index is 13.5. The van der Waals surface area contributed by atoms with Gasteiger partial charge in [-0.05, 0) is 36.8 Å². The Balaban J connectivity index is 1.64. The molecule has 0 bridgehead atoms. The van der Waals surface area contributed by atoms with Gasteiger partial charge in [-0.2, -0.15) is 13.2 Å². The quantitative estimate of drug-likeness (QED) is 0.497. The number of carbonyl (C=O) groups excluding carboxylic acids is 1. The molecule has 1 aromatic carbocycles. The van der Waals surface area contributed by atoms with E-state index in [4.69, 9.17) is 4.42 Å². The average molecular weight is 424 g/mol. The molecule has 0 unspecified atom stereocenters. The van der Waals surface area contributed by atoms with Crippen molar-refractivity contribution in [2.75, 3.05) is 13.1 Å². The Bertz CT molecular complexity index is 1090. The SMILES string of the molecule is Cc1coc2c(C(F)(F)F)cc(-c3ccc(C(=O)N4CCC(F)(F)CC4)cn3)cc12. The Hall–Kier alpha value is -2.97. The van der Waals surface area contributed by atoms with Gasteiger partial charge in [0.25, 0.3) is 11.8 Å². The van der Waals surface area contributed by atoms with Crippen LogP contribution in [-0.4, -0.2) is 34.8 Å². The number of hydrogen-bond donors (Lipinski definition) is 0. The van der Waals surface area contributed by atoms with Crippen molar-refractivity contribution in [3.8, 4) is 11.3 Å². The van der Waals surface area contributed by atoms with E-state index in [1.807, 2.05) is 0 Å². The van der Waals surface area contributed by atoms with Crippen LogP contribution in [0.15, 0.2) is 41.1 Å². The monoisotopic (exact) mass is 424 g/mol. The van der Waals surface area contributed by atoms with Gasteiger partial charge >= 0.3 is 6.18 Å². The molecule has 0 aliphatic carbocycles. The summed E-state index contributed by atoms with van der Waals surface area (Å²) in [4.78, 5) is 18.0. The molecule has 1 aliphatic rings. The zero-order valence-corrected chi connectivity index (χ0v) is 15.9. The van der Waals surface area contributed by atoms with Gasteiger partial charge in [-0.1, -0.05) is 0 Å². The largest absolute Gasteiger partial charge is 0.463 e. The highest BCUT2D eigenvalue weighted by molar-refractivity contribution is 5.94. The van der Waals surface area contributed by atoms with Crippen molar-refractivity contribution in [1.82, 2.24) is 9.88 Å². The lowest BCUT2D eigenvalue weighted by Crippen LogP contribution is -2.42. The van der Waals surface area contributed by atoms with E-state index >= 15 is 0 Å². The van der Waals surface area contributed by atoms with Crippen molar-refractivity contribution in [2.45, 2.75) is 31.9 Å². The first kappa shape index (κ1) is 20.3. The fourth-order valence-electron chi connectivity index (χ4n) is 3.53. The van der Waals surface area contributed by atoms with Crippen molar-refractivity contribution < 1.29 is 31.2 Å². The molecule has 9 heteroatoms. The van der Waals surface area contributed by atoms with Gasteiger partial charge in [0.1, 0.15) is 5.58 Å². The lowest BCUT2D eigenvalue weighted by Gasteiger charge is -2.31. The molecular weight excluding hydrogens is 407 g/mol. The summed E-state index contributed by atoms with van der Waals surface area (Å²) in [7, 11) is 0. The third-order valence-electron chi connectivity index (χ3n) is 5.26. The summed E-state index contributed by atoms with van der Waals surface area (Å²) in [5.74, 6) is -3.19. The topological polar surface area (TPSA) is 46.3 Å². The van der Waals surface area contributed by atoms with Gasteiger partial charge in [-0.25, -0.2) is 8.78 Å². The van der Waals surface area contributed by atoms with E-state index < -0.39 is 36.4 Å². The molecule has 1 amide bonds. The second kappa shape index (κ2) is 7.07. The summed E-state index contributed by atoms with van der Waals surface area (Å²) in [6, 6.07) is 5.40. The van der Waals surface area contributed by atoms with Crippen molar-refractivity contribution in [1.29, 1.82) is 0 Å². The van der Waals surface area contributed by atoms with E-state index in [-0.39, 0.29) is 35.5 Å². The molecule has 2 aromatic heterocycles. The number of amides is 1. The van der Waals surface area contributed by atoms with Gasteiger partial charge < -0.3 is 9.32 Å². The van der Waals surface area contributed by atoms with Gasteiger partial charge in [0.05, 0.1) is 23.1 Å². The van der Waals surface area contributed by atoms with Crippen LogP contribution in [0.2, 0.25) is 0 Å². The van der Waals surface area contributed by atoms with Crippen molar-refractivity contribution in [3.63, 3.8) is 0 Å². The van der Waals surface area contributed by atoms with E-state index in [1.54, 1.807) is 13.0 Å². The van der Waals surface area contributed by atoms with E-state index in [2.05, 4.69) is 4.98 Å². The summed E-state index contributed by atoms with van der Waals surface area (Å²) in [5, 5.41) is 0.330. The van der Waals surface area contributed by atoms with E-state index in [9.17, 15) is 26.7 Å². The Morgan fingerprint density at radius 3 is 2.47 bits per heavy atom. The predicted molar refractivity (Wildman–Crippen MR) is 99.3 cm³/mol. The Morgan fingerprint density at radius 1 is 1.17 bits per heavy atom. The van der Waals surface area contributed by atoms with Crippen molar-refractivity contribution in [2.24, 2.45) is 0 Å². The summed E-state index contributed by atoms with van der Waals surface area (Å²) >= 11 is 0. The molecule has 0 radical (unpaired) electrons. The number of carbonyl (C=O) groups is 1. The minimum absolute atomic E-state index is 0.0566. The van der Waals surface area contributed by atoms with Crippen molar-refractivity contribution >= 4 is 16.9 Å². The zero-order chi connectivity index (χ0) is 21.7. The number of hydrogen-bond acceptors (Lipinski definition) is 3. The van der Waals surface area contributed by atoms with Crippen LogP contribution in [0.5, 0.6) is 0 Å². The minimum Gasteiger partial charge on any atom is -0.463 e. The minimum atomic E-state index is -4.61. The molecule has 1 saturated heterocycles. The molecular formula is C21H17F5N2O2. The van der Waals surface area contributed by atoms with Gasteiger partial charge in [-0.15, -0.1) is 0 Å². The van der Waals surface area contributed by atoms with Crippen LogP contribution in [0.25, 0.3) is 22.2 Å². The number of benzene rings is 1. The van der Waals surface area contributed by atoms with Gasteiger partial charge in [0.15, 0.2) is 0 Å². The summed E-state index contributed by atoms with van der Waals surface area (Å²) in [6.45, 7) is 1.53.